The zero-order valence-electron chi connectivity index (χ0n) is 9.31. The number of ether oxygens (including phenoxy) is 1. The molecule has 0 aliphatic rings. The molecule has 0 saturated carbocycles. The second-order valence-corrected chi connectivity index (χ2v) is 5.17. The summed E-state index contributed by atoms with van der Waals surface area (Å²) in [6, 6.07) is 8.86. The van der Waals surface area contributed by atoms with E-state index in [1.165, 1.54) is 0 Å². The molecule has 0 amide bonds. The van der Waals surface area contributed by atoms with Gasteiger partial charge in [0.05, 0.1) is 22.2 Å². The lowest BCUT2D eigenvalue weighted by Crippen LogP contribution is -1.90. The van der Waals surface area contributed by atoms with Crippen molar-refractivity contribution in [3.8, 4) is 16.9 Å². The molecule has 0 spiro atoms. The van der Waals surface area contributed by atoms with Gasteiger partial charge < -0.3 is 4.74 Å². The third-order valence-electron chi connectivity index (χ3n) is 2.48. The number of hydrogen-bond acceptors (Lipinski definition) is 1. The van der Waals surface area contributed by atoms with Crippen LogP contribution in [0, 0.1) is 0 Å². The first-order valence-electron chi connectivity index (χ1n) is 5.02. The molecule has 0 atom stereocenters. The topological polar surface area (TPSA) is 9.23 Å². The summed E-state index contributed by atoms with van der Waals surface area (Å²) in [5, 5.41) is 1.79. The average molecular weight is 322 g/mol. The first-order valence-corrected chi connectivity index (χ1v) is 6.53. The fourth-order valence-electron chi connectivity index (χ4n) is 1.62. The van der Waals surface area contributed by atoms with Crippen LogP contribution < -0.4 is 4.74 Å². The van der Waals surface area contributed by atoms with Gasteiger partial charge in [-0.25, -0.2) is 0 Å². The van der Waals surface area contributed by atoms with Crippen LogP contribution in [0.5, 0.6) is 5.75 Å². The normalized spacial score (nSPS) is 10.5. The predicted molar refractivity (Wildman–Crippen MR) is 78.5 cm³/mol. The molecule has 0 radical (unpaired) electrons. The Kier molecular flexibility index (Phi) is 4.29. The number of hydrogen-bond donors (Lipinski definition) is 0. The third-order valence-corrected chi connectivity index (χ3v) is 4.01. The van der Waals surface area contributed by atoms with E-state index in [1.807, 2.05) is 12.1 Å². The maximum Gasteiger partial charge on any atom is 0.146 e. The molecule has 0 aliphatic heterocycles. The van der Waals surface area contributed by atoms with Gasteiger partial charge in [-0.2, -0.15) is 0 Å². The maximum atomic E-state index is 6.10. The van der Waals surface area contributed by atoms with Gasteiger partial charge in [-0.1, -0.05) is 52.5 Å². The van der Waals surface area contributed by atoms with Crippen LogP contribution in [0.2, 0.25) is 20.1 Å². The quantitative estimate of drug-likeness (QED) is 0.661. The Morgan fingerprint density at radius 2 is 1.50 bits per heavy atom. The molecule has 0 fully saturated rings. The van der Waals surface area contributed by atoms with Crippen molar-refractivity contribution >= 4 is 46.4 Å². The van der Waals surface area contributed by atoms with Crippen molar-refractivity contribution in [2.75, 3.05) is 7.11 Å². The van der Waals surface area contributed by atoms with Crippen LogP contribution in [0.3, 0.4) is 0 Å². The van der Waals surface area contributed by atoms with Gasteiger partial charge in [-0.3, -0.25) is 0 Å². The van der Waals surface area contributed by atoms with Gasteiger partial charge >= 0.3 is 0 Å². The van der Waals surface area contributed by atoms with E-state index in [0.29, 0.717) is 25.8 Å². The summed E-state index contributed by atoms with van der Waals surface area (Å²) in [4.78, 5) is 0. The smallest absolute Gasteiger partial charge is 0.146 e. The van der Waals surface area contributed by atoms with E-state index in [0.717, 1.165) is 11.1 Å². The minimum Gasteiger partial charge on any atom is -0.494 e. The molecule has 5 heteroatoms. The van der Waals surface area contributed by atoms with Crippen molar-refractivity contribution < 1.29 is 4.74 Å². The van der Waals surface area contributed by atoms with Crippen molar-refractivity contribution in [2.24, 2.45) is 0 Å². The molecular formula is C13H8Cl4O. The van der Waals surface area contributed by atoms with Crippen molar-refractivity contribution in [1.82, 2.24) is 0 Å². The van der Waals surface area contributed by atoms with Gasteiger partial charge in [0.25, 0.3) is 0 Å². The van der Waals surface area contributed by atoms with Crippen LogP contribution >= 0.6 is 46.4 Å². The van der Waals surface area contributed by atoms with Crippen molar-refractivity contribution in [1.29, 1.82) is 0 Å². The van der Waals surface area contributed by atoms with Gasteiger partial charge in [-0.15, -0.1) is 0 Å². The van der Waals surface area contributed by atoms with Crippen LogP contribution in [0.4, 0.5) is 0 Å². The average Bonchev–Trinajstić information content (AvgIpc) is 2.36. The minimum absolute atomic E-state index is 0.378. The van der Waals surface area contributed by atoms with Crippen LogP contribution in [0.15, 0.2) is 30.3 Å². The number of rotatable bonds is 2. The molecule has 2 aromatic carbocycles. The molecule has 0 bridgehead atoms. The van der Waals surface area contributed by atoms with E-state index in [9.17, 15) is 0 Å². The second kappa shape index (κ2) is 5.58. The molecule has 0 unspecified atom stereocenters. The Bertz CT molecular complexity index is 596. The SMILES string of the molecule is COc1c(-c2ccc(Cl)c(Cl)c2)ccc(Cl)c1Cl. The highest BCUT2D eigenvalue weighted by atomic mass is 35.5. The third kappa shape index (κ3) is 2.55. The highest BCUT2D eigenvalue weighted by Crippen LogP contribution is 2.41. The van der Waals surface area contributed by atoms with Crippen molar-refractivity contribution in [3.63, 3.8) is 0 Å². The summed E-state index contributed by atoms with van der Waals surface area (Å²) in [5.41, 5.74) is 1.67. The first kappa shape index (κ1) is 13.8. The number of halogens is 4. The number of methoxy groups -OCH3 is 1. The Balaban J connectivity index is 2.63. The van der Waals surface area contributed by atoms with Gasteiger partial charge in [0.1, 0.15) is 10.8 Å². The number of benzene rings is 2. The highest BCUT2D eigenvalue weighted by molar-refractivity contribution is 6.43. The second-order valence-electron chi connectivity index (χ2n) is 3.57. The standard InChI is InChI=1S/C13H8Cl4O/c1-18-13-8(3-5-10(15)12(13)17)7-2-4-9(14)11(16)6-7/h2-6H,1H3. The molecule has 2 aromatic rings. The zero-order chi connectivity index (χ0) is 13.3. The molecule has 2 rings (SSSR count). The zero-order valence-corrected chi connectivity index (χ0v) is 12.3. The van der Waals surface area contributed by atoms with E-state index in [2.05, 4.69) is 0 Å². The van der Waals surface area contributed by atoms with Gasteiger partial charge in [-0.05, 0) is 29.8 Å². The lowest BCUT2D eigenvalue weighted by molar-refractivity contribution is 0.416. The molecular weight excluding hydrogens is 314 g/mol. The van der Waals surface area contributed by atoms with Crippen molar-refractivity contribution in [3.05, 3.63) is 50.4 Å². The van der Waals surface area contributed by atoms with Crippen LogP contribution in [0.1, 0.15) is 0 Å². The monoisotopic (exact) mass is 320 g/mol. The molecule has 1 nitrogen and oxygen atoms in total. The lowest BCUT2D eigenvalue weighted by Gasteiger charge is -2.12. The summed E-state index contributed by atoms with van der Waals surface area (Å²) in [7, 11) is 1.54. The summed E-state index contributed by atoms with van der Waals surface area (Å²) < 4.78 is 5.29. The molecule has 94 valence electrons. The molecule has 0 N–H and O–H groups in total. The van der Waals surface area contributed by atoms with Gasteiger partial charge in [0.2, 0.25) is 0 Å². The summed E-state index contributed by atoms with van der Waals surface area (Å²) in [6.45, 7) is 0. The predicted octanol–water partition coefficient (Wildman–Crippen LogP) is 5.98. The van der Waals surface area contributed by atoms with Crippen LogP contribution in [-0.2, 0) is 0 Å². The van der Waals surface area contributed by atoms with Crippen molar-refractivity contribution in [2.45, 2.75) is 0 Å². The Morgan fingerprint density at radius 1 is 0.833 bits per heavy atom. The summed E-state index contributed by atoms with van der Waals surface area (Å²) in [6.07, 6.45) is 0. The fraction of sp³-hybridized carbons (Fsp3) is 0.0769. The highest BCUT2D eigenvalue weighted by Gasteiger charge is 2.13. The van der Waals surface area contributed by atoms with E-state index in [-0.39, 0.29) is 0 Å². The lowest BCUT2D eigenvalue weighted by atomic mass is 10.0. The maximum absolute atomic E-state index is 6.10. The first-order chi connectivity index (χ1) is 8.54. The van der Waals surface area contributed by atoms with Gasteiger partial charge in [0.15, 0.2) is 0 Å². The molecule has 0 heterocycles. The van der Waals surface area contributed by atoms with Crippen LogP contribution in [0.25, 0.3) is 11.1 Å². The molecule has 18 heavy (non-hydrogen) atoms. The van der Waals surface area contributed by atoms with Gasteiger partial charge in [0, 0.05) is 5.56 Å². The van der Waals surface area contributed by atoms with E-state index >= 15 is 0 Å². The Morgan fingerprint density at radius 3 is 2.11 bits per heavy atom. The van der Waals surface area contributed by atoms with E-state index in [1.54, 1.807) is 25.3 Å². The van der Waals surface area contributed by atoms with Crippen LogP contribution in [-0.4, -0.2) is 7.11 Å². The van der Waals surface area contributed by atoms with E-state index < -0.39 is 0 Å². The Hall–Kier alpha value is -0.600. The molecule has 0 aliphatic carbocycles. The largest absolute Gasteiger partial charge is 0.494 e. The summed E-state index contributed by atoms with van der Waals surface area (Å²) in [5.74, 6) is 0.516. The molecule has 0 aromatic heterocycles. The van der Waals surface area contributed by atoms with E-state index in [4.69, 9.17) is 51.1 Å². The Labute approximate surface area is 125 Å². The fourth-order valence-corrected chi connectivity index (χ4v) is 2.31. The minimum atomic E-state index is 0.378. The summed E-state index contributed by atoms with van der Waals surface area (Å²) >= 11 is 23.9. The molecule has 0 saturated heterocycles.